The Hall–Kier alpha value is -1.71. The molecule has 0 fully saturated rings. The number of rotatable bonds is 6. The molecule has 8 nitrogen and oxygen atoms in total. The lowest BCUT2D eigenvalue weighted by Gasteiger charge is -2.16. The van der Waals surface area contributed by atoms with Gasteiger partial charge in [0, 0.05) is 0 Å². The highest BCUT2D eigenvalue weighted by Gasteiger charge is 2.27. The van der Waals surface area contributed by atoms with Gasteiger partial charge in [-0.3, -0.25) is 4.79 Å². The van der Waals surface area contributed by atoms with E-state index in [0.29, 0.717) is 16.4 Å². The Kier molecular flexibility index (Phi) is 4.92. The molecule has 126 valence electrons. The smallest absolute Gasteiger partial charge is 0.321 e. The quantitative estimate of drug-likeness (QED) is 0.806. The molecule has 0 aliphatic carbocycles. The standard InChI is InChI=1S/C13H17ClN4O4S/c1-7(2)4-10(13(19)20)17-23(21,22)9-5-15-12-11(14)8(3)16-18(12)6-9/h5-7,10,17H,4H2,1-3H3,(H,19,20)/t10-/m1/s1. The van der Waals surface area contributed by atoms with E-state index in [1.54, 1.807) is 6.92 Å². The van der Waals surface area contributed by atoms with E-state index in [1.807, 2.05) is 13.8 Å². The Morgan fingerprint density at radius 3 is 2.70 bits per heavy atom. The van der Waals surface area contributed by atoms with Crippen LogP contribution in [0.2, 0.25) is 5.02 Å². The largest absolute Gasteiger partial charge is 0.480 e. The Bertz CT molecular complexity index is 847. The normalized spacial score (nSPS) is 13.6. The van der Waals surface area contributed by atoms with Crippen molar-refractivity contribution in [1.82, 2.24) is 19.3 Å². The number of carboxylic acids is 1. The molecule has 2 N–H and O–H groups in total. The summed E-state index contributed by atoms with van der Waals surface area (Å²) in [5.74, 6) is -1.21. The van der Waals surface area contributed by atoms with Crippen molar-refractivity contribution in [2.75, 3.05) is 0 Å². The van der Waals surface area contributed by atoms with Crippen molar-refractivity contribution < 1.29 is 18.3 Å². The molecule has 0 spiro atoms. The van der Waals surface area contributed by atoms with E-state index < -0.39 is 22.0 Å². The van der Waals surface area contributed by atoms with Crippen LogP contribution in [0.25, 0.3) is 5.65 Å². The lowest BCUT2D eigenvalue weighted by molar-refractivity contribution is -0.139. The summed E-state index contributed by atoms with van der Waals surface area (Å²) in [4.78, 5) is 15.0. The first kappa shape index (κ1) is 17.6. The van der Waals surface area contributed by atoms with Gasteiger partial charge >= 0.3 is 5.97 Å². The third-order valence-corrected chi connectivity index (χ3v) is 5.03. The van der Waals surface area contributed by atoms with Gasteiger partial charge in [0.2, 0.25) is 10.0 Å². The first-order valence-electron chi connectivity index (χ1n) is 6.87. The van der Waals surface area contributed by atoms with E-state index in [2.05, 4.69) is 14.8 Å². The topological polar surface area (TPSA) is 114 Å². The van der Waals surface area contributed by atoms with Crippen LogP contribution in [0.5, 0.6) is 0 Å². The van der Waals surface area contributed by atoms with Crippen LogP contribution in [-0.2, 0) is 14.8 Å². The predicted octanol–water partition coefficient (Wildman–Crippen LogP) is 1.47. The van der Waals surface area contributed by atoms with E-state index in [0.717, 1.165) is 6.20 Å². The summed E-state index contributed by atoms with van der Waals surface area (Å²) in [7, 11) is -4.04. The van der Waals surface area contributed by atoms with Gasteiger partial charge in [-0.05, 0) is 19.3 Å². The molecule has 2 aromatic rings. The van der Waals surface area contributed by atoms with Gasteiger partial charge in [0.1, 0.15) is 16.0 Å². The highest BCUT2D eigenvalue weighted by Crippen LogP contribution is 2.20. The van der Waals surface area contributed by atoms with Crippen LogP contribution in [0.4, 0.5) is 0 Å². The fraction of sp³-hybridized carbons (Fsp3) is 0.462. The van der Waals surface area contributed by atoms with Crippen molar-refractivity contribution in [2.24, 2.45) is 5.92 Å². The third-order valence-electron chi connectivity index (χ3n) is 3.17. The second kappa shape index (κ2) is 6.42. The minimum absolute atomic E-state index is 0.0203. The Labute approximate surface area is 138 Å². The SMILES string of the molecule is Cc1nn2cc(S(=O)(=O)N[C@H](CC(C)C)C(=O)O)cnc2c1Cl. The number of hydrogen-bond acceptors (Lipinski definition) is 5. The summed E-state index contributed by atoms with van der Waals surface area (Å²) in [6.45, 7) is 5.30. The van der Waals surface area contributed by atoms with E-state index in [-0.39, 0.29) is 17.2 Å². The molecule has 0 saturated heterocycles. The number of fused-ring (bicyclic) bond motifs is 1. The second-order valence-corrected chi connectivity index (χ2v) is 7.69. The molecular formula is C13H17ClN4O4S. The van der Waals surface area contributed by atoms with Crippen molar-refractivity contribution in [1.29, 1.82) is 0 Å². The predicted molar refractivity (Wildman–Crippen MR) is 83.9 cm³/mol. The van der Waals surface area contributed by atoms with Gasteiger partial charge < -0.3 is 5.11 Å². The van der Waals surface area contributed by atoms with Crippen LogP contribution in [-0.4, -0.2) is 40.1 Å². The monoisotopic (exact) mass is 360 g/mol. The van der Waals surface area contributed by atoms with Crippen LogP contribution in [0.1, 0.15) is 26.0 Å². The molecule has 0 unspecified atom stereocenters. The molecule has 0 amide bonds. The van der Waals surface area contributed by atoms with Crippen LogP contribution >= 0.6 is 11.6 Å². The summed E-state index contributed by atoms with van der Waals surface area (Å²) in [5, 5.41) is 13.6. The van der Waals surface area contributed by atoms with Gasteiger partial charge in [-0.25, -0.2) is 17.9 Å². The van der Waals surface area contributed by atoms with Crippen molar-refractivity contribution in [3.63, 3.8) is 0 Å². The molecule has 0 bridgehead atoms. The van der Waals surface area contributed by atoms with Gasteiger partial charge in [-0.15, -0.1) is 0 Å². The van der Waals surface area contributed by atoms with E-state index in [1.165, 1.54) is 10.7 Å². The molecule has 10 heteroatoms. The summed E-state index contributed by atoms with van der Waals surface area (Å²) in [6.07, 6.45) is 2.55. The zero-order chi connectivity index (χ0) is 17.4. The minimum atomic E-state index is -4.04. The molecule has 0 saturated carbocycles. The zero-order valence-corrected chi connectivity index (χ0v) is 14.4. The molecule has 2 heterocycles. The first-order chi connectivity index (χ1) is 10.6. The number of nitrogens with one attached hydrogen (secondary N) is 1. The maximum Gasteiger partial charge on any atom is 0.321 e. The Morgan fingerprint density at radius 2 is 2.13 bits per heavy atom. The summed E-state index contributed by atoms with van der Waals surface area (Å²) >= 11 is 6.00. The molecule has 2 rings (SSSR count). The summed E-state index contributed by atoms with van der Waals surface area (Å²) < 4.78 is 28.2. The maximum absolute atomic E-state index is 12.4. The molecule has 1 atom stereocenters. The van der Waals surface area contributed by atoms with Gasteiger partial charge in [0.05, 0.1) is 18.1 Å². The molecule has 2 aromatic heterocycles. The molecule has 0 aromatic carbocycles. The number of aliphatic carboxylic acids is 1. The van der Waals surface area contributed by atoms with Gasteiger partial charge in [-0.1, -0.05) is 25.4 Å². The van der Waals surface area contributed by atoms with Crippen LogP contribution in [0, 0.1) is 12.8 Å². The first-order valence-corrected chi connectivity index (χ1v) is 8.73. The molecule has 0 radical (unpaired) electrons. The van der Waals surface area contributed by atoms with Crippen LogP contribution in [0.3, 0.4) is 0 Å². The minimum Gasteiger partial charge on any atom is -0.480 e. The van der Waals surface area contributed by atoms with Crippen molar-refractivity contribution in [2.45, 2.75) is 38.1 Å². The summed E-state index contributed by atoms with van der Waals surface area (Å²) in [6, 6.07) is -1.21. The number of aryl methyl sites for hydroxylation is 1. The van der Waals surface area contributed by atoms with Crippen LogP contribution < -0.4 is 4.72 Å². The highest BCUT2D eigenvalue weighted by molar-refractivity contribution is 7.89. The van der Waals surface area contributed by atoms with Gasteiger partial charge in [-0.2, -0.15) is 9.82 Å². The number of sulfonamides is 1. The van der Waals surface area contributed by atoms with E-state index in [4.69, 9.17) is 16.7 Å². The number of carbonyl (C=O) groups is 1. The number of halogens is 1. The Morgan fingerprint density at radius 1 is 1.48 bits per heavy atom. The average Bonchev–Trinajstić information content (AvgIpc) is 2.72. The van der Waals surface area contributed by atoms with Crippen LogP contribution in [0.15, 0.2) is 17.3 Å². The average molecular weight is 361 g/mol. The molecule has 0 aliphatic heterocycles. The van der Waals surface area contributed by atoms with Gasteiger partial charge in [0.15, 0.2) is 5.65 Å². The fourth-order valence-electron chi connectivity index (χ4n) is 2.06. The molecule has 23 heavy (non-hydrogen) atoms. The molecular weight excluding hydrogens is 344 g/mol. The Balaban J connectivity index is 2.36. The van der Waals surface area contributed by atoms with E-state index in [9.17, 15) is 13.2 Å². The van der Waals surface area contributed by atoms with Crippen molar-refractivity contribution >= 4 is 33.2 Å². The lowest BCUT2D eigenvalue weighted by atomic mass is 10.1. The number of carboxylic acid groups (broad SMARTS) is 1. The third kappa shape index (κ3) is 3.80. The zero-order valence-electron chi connectivity index (χ0n) is 12.8. The van der Waals surface area contributed by atoms with Crippen molar-refractivity contribution in [3.05, 3.63) is 23.1 Å². The highest BCUT2D eigenvalue weighted by atomic mass is 35.5. The van der Waals surface area contributed by atoms with Gasteiger partial charge in [0.25, 0.3) is 0 Å². The second-order valence-electron chi connectivity index (χ2n) is 5.60. The maximum atomic E-state index is 12.4. The summed E-state index contributed by atoms with van der Waals surface area (Å²) in [5.41, 5.74) is 0.852. The van der Waals surface area contributed by atoms with Crippen molar-refractivity contribution in [3.8, 4) is 0 Å². The number of hydrogen-bond donors (Lipinski definition) is 2. The fourth-order valence-corrected chi connectivity index (χ4v) is 3.38. The van der Waals surface area contributed by atoms with E-state index >= 15 is 0 Å². The number of nitrogens with zero attached hydrogens (tertiary/aromatic N) is 3. The lowest BCUT2D eigenvalue weighted by Crippen LogP contribution is -2.41. The molecule has 0 aliphatic rings. The number of aromatic nitrogens is 3.